The predicted molar refractivity (Wildman–Crippen MR) is 180 cm³/mol. The molecule has 0 N–H and O–H groups in total. The van der Waals surface area contributed by atoms with E-state index >= 15 is 0 Å². The van der Waals surface area contributed by atoms with Crippen LogP contribution in [0.1, 0.15) is 0 Å². The Hall–Kier alpha value is -3.83. The second-order valence-corrected chi connectivity index (χ2v) is 14.8. The van der Waals surface area contributed by atoms with E-state index in [4.69, 9.17) is 23.2 Å². The van der Waals surface area contributed by atoms with Gasteiger partial charge in [-0.25, -0.2) is 4.98 Å². The van der Waals surface area contributed by atoms with E-state index in [0.29, 0.717) is 6.71 Å². The molecule has 6 rings (SSSR count). The quantitative estimate of drug-likeness (QED) is 0.170. The molecule has 0 unspecified atom stereocenters. The van der Waals surface area contributed by atoms with Crippen LogP contribution in [0.25, 0.3) is 0 Å². The lowest BCUT2D eigenvalue weighted by Gasteiger charge is -2.34. The minimum Gasteiger partial charge on any atom is -0.339 e. The summed E-state index contributed by atoms with van der Waals surface area (Å²) in [5.74, 6) is 0. The molecule has 6 aromatic rings. The van der Waals surface area contributed by atoms with E-state index in [-0.39, 0.29) is 0 Å². The minimum absolute atomic E-state index is 0.484. The lowest BCUT2D eigenvalue weighted by atomic mass is 9.43. The molecule has 0 saturated carbocycles. The van der Waals surface area contributed by atoms with Gasteiger partial charge in [0.15, 0.2) is 8.07 Å². The van der Waals surface area contributed by atoms with Crippen molar-refractivity contribution in [3.63, 3.8) is 0 Å². The smallest absolute Gasteiger partial charge is 0.206 e. The molecule has 0 bridgehead atoms. The average molecular weight is 589 g/mol. The first kappa shape index (κ1) is 28.7. The summed E-state index contributed by atoms with van der Waals surface area (Å²) in [7, 11) is -2.44. The van der Waals surface area contributed by atoms with Crippen molar-refractivity contribution in [2.75, 3.05) is 0 Å². The molecule has 5 aromatic carbocycles. The second kappa shape index (κ2) is 13.7. The van der Waals surface area contributed by atoms with E-state index in [1.54, 1.807) is 0 Å². The van der Waals surface area contributed by atoms with E-state index < -0.39 is 8.07 Å². The van der Waals surface area contributed by atoms with Crippen molar-refractivity contribution in [3.8, 4) is 0 Å². The molecule has 0 amide bonds. The first-order valence-corrected chi connectivity index (χ1v) is 16.7. The Morgan fingerprint density at radius 2 is 1.07 bits per heavy atom. The first-order valence-electron chi connectivity index (χ1n) is 13.7. The highest BCUT2D eigenvalue weighted by atomic mass is 35.5. The standard InChI is InChI=1S/C22H18Cl2N2Si.C13H13B/c23-18-6-4-10-21(14-18)27(17-26-13-12-25-16-26,20-8-2-1-3-9-20)22-11-5-7-19(24)15-22;1-14(12-8-4-2-5-9-12)13-10-6-3-7-11-13/h1-16H,17H2;2-11H,1H3. The summed E-state index contributed by atoms with van der Waals surface area (Å²) in [6, 6.07) is 48.3. The fourth-order valence-corrected chi connectivity index (χ4v) is 10.5. The molecule has 2 nitrogen and oxygen atoms in total. The number of halogens is 2. The van der Waals surface area contributed by atoms with Crippen LogP contribution >= 0.6 is 23.2 Å². The van der Waals surface area contributed by atoms with Gasteiger partial charge in [0, 0.05) is 28.6 Å². The molecule has 0 radical (unpaired) electrons. The first-order chi connectivity index (χ1) is 20.1. The zero-order valence-corrected chi connectivity index (χ0v) is 25.5. The summed E-state index contributed by atoms with van der Waals surface area (Å²) in [6.07, 6.45) is 6.53. The van der Waals surface area contributed by atoms with Gasteiger partial charge in [-0.1, -0.05) is 156 Å². The van der Waals surface area contributed by atoms with Crippen molar-refractivity contribution in [1.82, 2.24) is 9.55 Å². The van der Waals surface area contributed by atoms with E-state index in [1.165, 1.54) is 26.5 Å². The van der Waals surface area contributed by atoms with Gasteiger partial charge in [-0.15, -0.1) is 0 Å². The normalized spacial score (nSPS) is 10.9. The topological polar surface area (TPSA) is 17.8 Å². The van der Waals surface area contributed by atoms with Crippen LogP contribution in [0.4, 0.5) is 0 Å². The van der Waals surface area contributed by atoms with Crippen LogP contribution in [-0.2, 0) is 6.17 Å². The van der Waals surface area contributed by atoms with Gasteiger partial charge >= 0.3 is 0 Å². The Bertz CT molecular complexity index is 1560. The average Bonchev–Trinajstić information content (AvgIpc) is 3.54. The van der Waals surface area contributed by atoms with Gasteiger partial charge in [0.1, 0.15) is 0 Å². The summed E-state index contributed by atoms with van der Waals surface area (Å²) in [4.78, 5) is 4.26. The zero-order chi connectivity index (χ0) is 28.5. The van der Waals surface area contributed by atoms with E-state index in [0.717, 1.165) is 16.2 Å². The van der Waals surface area contributed by atoms with Crippen molar-refractivity contribution in [3.05, 3.63) is 168 Å². The van der Waals surface area contributed by atoms with Gasteiger partial charge in [0.05, 0.1) is 6.33 Å². The molecular formula is C35H31BCl2N2Si. The van der Waals surface area contributed by atoms with Crippen LogP contribution in [0.3, 0.4) is 0 Å². The van der Waals surface area contributed by atoms with Crippen molar-refractivity contribution >= 4 is 64.5 Å². The maximum absolute atomic E-state index is 6.42. The van der Waals surface area contributed by atoms with Crippen LogP contribution in [-0.4, -0.2) is 24.3 Å². The van der Waals surface area contributed by atoms with Crippen molar-refractivity contribution < 1.29 is 0 Å². The monoisotopic (exact) mass is 588 g/mol. The van der Waals surface area contributed by atoms with Crippen molar-refractivity contribution in [2.45, 2.75) is 13.0 Å². The molecule has 6 heteroatoms. The molecule has 0 aliphatic heterocycles. The van der Waals surface area contributed by atoms with Crippen LogP contribution in [0.15, 0.2) is 158 Å². The number of aromatic nitrogens is 2. The molecule has 0 saturated heterocycles. The molecule has 0 atom stereocenters. The third-order valence-corrected chi connectivity index (χ3v) is 12.7. The number of hydrogen-bond acceptors (Lipinski definition) is 1. The fraction of sp³-hybridized carbons (Fsp3) is 0.0571. The predicted octanol–water partition coefficient (Wildman–Crippen LogP) is 5.82. The van der Waals surface area contributed by atoms with Crippen molar-refractivity contribution in [1.29, 1.82) is 0 Å². The minimum atomic E-state index is -2.44. The van der Waals surface area contributed by atoms with Gasteiger partial charge in [0.25, 0.3) is 0 Å². The van der Waals surface area contributed by atoms with Gasteiger partial charge < -0.3 is 4.57 Å². The molecule has 202 valence electrons. The lowest BCUT2D eigenvalue weighted by molar-refractivity contribution is 0.862. The van der Waals surface area contributed by atoms with Crippen molar-refractivity contribution in [2.24, 2.45) is 0 Å². The Morgan fingerprint density at radius 3 is 1.51 bits per heavy atom. The molecule has 41 heavy (non-hydrogen) atoms. The van der Waals surface area contributed by atoms with Crippen LogP contribution in [0.2, 0.25) is 16.9 Å². The number of nitrogens with zero attached hydrogens (tertiary/aromatic N) is 2. The lowest BCUT2D eigenvalue weighted by Crippen LogP contribution is -2.69. The Kier molecular flexibility index (Phi) is 9.58. The van der Waals surface area contributed by atoms with Crippen LogP contribution in [0.5, 0.6) is 0 Å². The number of hydrogen-bond donors (Lipinski definition) is 0. The van der Waals surface area contributed by atoms with Crippen LogP contribution < -0.4 is 26.5 Å². The Balaban J connectivity index is 0.000000202. The third-order valence-electron chi connectivity index (χ3n) is 7.48. The third kappa shape index (κ3) is 6.91. The van der Waals surface area contributed by atoms with Crippen LogP contribution in [0, 0.1) is 0 Å². The largest absolute Gasteiger partial charge is 0.339 e. The summed E-state index contributed by atoms with van der Waals surface area (Å²) in [6.45, 7) is 2.72. The Labute approximate surface area is 254 Å². The summed E-state index contributed by atoms with van der Waals surface area (Å²) in [5.41, 5.74) is 2.75. The summed E-state index contributed by atoms with van der Waals surface area (Å²) >= 11 is 12.8. The molecule has 0 aliphatic carbocycles. The Morgan fingerprint density at radius 1 is 0.610 bits per heavy atom. The molecule has 0 spiro atoms. The SMILES string of the molecule is CB(c1ccccc1)c1ccccc1.Clc1cccc([Si](Cn2ccnc2)(c2ccccc2)c2cccc(Cl)c2)c1. The number of benzene rings is 5. The van der Waals surface area contributed by atoms with Gasteiger partial charge in [-0.05, 0) is 39.8 Å². The van der Waals surface area contributed by atoms with E-state index in [9.17, 15) is 0 Å². The maximum atomic E-state index is 6.42. The fourth-order valence-electron chi connectivity index (χ4n) is 5.33. The number of rotatable bonds is 7. The van der Waals surface area contributed by atoms with E-state index in [1.807, 2.05) is 43.0 Å². The second-order valence-electron chi connectivity index (χ2n) is 10.1. The maximum Gasteiger partial charge on any atom is 0.206 e. The highest BCUT2D eigenvalue weighted by Crippen LogP contribution is 2.16. The molecule has 1 heterocycles. The van der Waals surface area contributed by atoms with Gasteiger partial charge in [-0.2, -0.15) is 0 Å². The van der Waals surface area contributed by atoms with Gasteiger partial charge in [-0.3, -0.25) is 0 Å². The summed E-state index contributed by atoms with van der Waals surface area (Å²) < 4.78 is 2.15. The highest BCUT2D eigenvalue weighted by molar-refractivity contribution is 7.10. The molecule has 1 aromatic heterocycles. The van der Waals surface area contributed by atoms with E-state index in [2.05, 4.69) is 132 Å². The van der Waals surface area contributed by atoms with Gasteiger partial charge in [0.2, 0.25) is 6.71 Å². The highest BCUT2D eigenvalue weighted by Gasteiger charge is 2.40. The number of imidazole rings is 1. The molecule has 0 aliphatic rings. The molecular weight excluding hydrogens is 558 g/mol. The summed E-state index contributed by atoms with van der Waals surface area (Å²) in [5, 5.41) is 5.29. The molecule has 0 fully saturated rings. The zero-order valence-electron chi connectivity index (χ0n) is 22.9.